The highest BCUT2D eigenvalue weighted by molar-refractivity contribution is 6.04. The van der Waals surface area contributed by atoms with Gasteiger partial charge in [0.2, 0.25) is 18.2 Å². The molecule has 1 fully saturated rings. The third-order valence-corrected chi connectivity index (χ3v) is 4.06. The number of anilines is 1. The number of carbonyl (C=O) groups excluding carboxylic acids is 3. The molecular formula is C18H24N4O3. The normalized spacial score (nSPS) is 18.1. The first-order valence-corrected chi connectivity index (χ1v) is 8.32. The average Bonchev–Trinajstić information content (AvgIpc) is 2.53. The van der Waals surface area contributed by atoms with Crippen LogP contribution in [0.25, 0.3) is 0 Å². The van der Waals surface area contributed by atoms with Crippen LogP contribution in [0.5, 0.6) is 0 Å². The minimum absolute atomic E-state index is 0.209. The summed E-state index contributed by atoms with van der Waals surface area (Å²) in [6.45, 7) is 7.74. The Labute approximate surface area is 147 Å². The van der Waals surface area contributed by atoms with Crippen LogP contribution in [-0.4, -0.2) is 41.0 Å². The summed E-state index contributed by atoms with van der Waals surface area (Å²) in [7, 11) is 0. The molecule has 7 nitrogen and oxygen atoms in total. The quantitative estimate of drug-likeness (QED) is 0.370. The smallest absolute Gasteiger partial charge is 0.249 e. The number of hydrogen-bond donors (Lipinski definition) is 2. The monoisotopic (exact) mass is 344 g/mol. The number of imide groups is 1. The summed E-state index contributed by atoms with van der Waals surface area (Å²) in [5, 5.41) is 5.61. The van der Waals surface area contributed by atoms with Crippen molar-refractivity contribution in [2.24, 2.45) is 4.99 Å². The van der Waals surface area contributed by atoms with E-state index in [-0.39, 0.29) is 18.4 Å². The van der Waals surface area contributed by atoms with Gasteiger partial charge in [-0.3, -0.25) is 24.6 Å². The second-order valence-corrected chi connectivity index (χ2v) is 6.39. The van der Waals surface area contributed by atoms with Crippen LogP contribution in [0.4, 0.5) is 11.4 Å². The van der Waals surface area contributed by atoms with Crippen molar-refractivity contribution >= 4 is 35.4 Å². The van der Waals surface area contributed by atoms with Gasteiger partial charge in [0.1, 0.15) is 11.9 Å². The number of amidine groups is 1. The summed E-state index contributed by atoms with van der Waals surface area (Å²) in [6, 6.07) is 5.30. The second kappa shape index (κ2) is 7.92. The van der Waals surface area contributed by atoms with Crippen molar-refractivity contribution in [2.45, 2.75) is 52.6 Å². The van der Waals surface area contributed by atoms with Gasteiger partial charge in [-0.25, -0.2) is 4.99 Å². The summed E-state index contributed by atoms with van der Waals surface area (Å²) >= 11 is 0. The molecule has 25 heavy (non-hydrogen) atoms. The molecule has 134 valence electrons. The lowest BCUT2D eigenvalue weighted by atomic mass is 10.0. The van der Waals surface area contributed by atoms with Crippen LogP contribution in [0.1, 0.15) is 39.2 Å². The lowest BCUT2D eigenvalue weighted by molar-refractivity contribution is -0.138. The van der Waals surface area contributed by atoms with Gasteiger partial charge >= 0.3 is 0 Å². The molecule has 1 aromatic carbocycles. The molecule has 1 heterocycles. The van der Waals surface area contributed by atoms with Gasteiger partial charge in [0, 0.05) is 18.2 Å². The van der Waals surface area contributed by atoms with Crippen LogP contribution in [0.2, 0.25) is 0 Å². The Balaban J connectivity index is 2.28. The lowest BCUT2D eigenvalue weighted by Crippen LogP contribution is -2.53. The maximum Gasteiger partial charge on any atom is 0.249 e. The van der Waals surface area contributed by atoms with Gasteiger partial charge in [0.05, 0.1) is 5.69 Å². The predicted octanol–water partition coefficient (Wildman–Crippen LogP) is 2.13. The number of nitrogens with one attached hydrogen (secondary N) is 2. The largest absolute Gasteiger partial charge is 0.383 e. The minimum Gasteiger partial charge on any atom is -0.383 e. The van der Waals surface area contributed by atoms with Crippen LogP contribution < -0.4 is 10.6 Å². The molecular weight excluding hydrogens is 320 g/mol. The van der Waals surface area contributed by atoms with Crippen molar-refractivity contribution in [3.05, 3.63) is 23.8 Å². The predicted molar refractivity (Wildman–Crippen MR) is 96.8 cm³/mol. The summed E-state index contributed by atoms with van der Waals surface area (Å²) in [4.78, 5) is 40.6. The SMILES string of the molecule is C/C(=N/c1cccc(NC(C)C)c1C)N(C=O)C1CCC(=O)NC1=O. The van der Waals surface area contributed by atoms with Gasteiger partial charge in [-0.2, -0.15) is 0 Å². The molecule has 3 amide bonds. The third kappa shape index (κ3) is 4.43. The molecule has 0 aliphatic carbocycles. The van der Waals surface area contributed by atoms with Gasteiger partial charge in [-0.15, -0.1) is 0 Å². The van der Waals surface area contributed by atoms with Crippen molar-refractivity contribution in [3.63, 3.8) is 0 Å². The fourth-order valence-corrected chi connectivity index (χ4v) is 2.77. The number of hydrogen-bond acceptors (Lipinski definition) is 5. The molecule has 1 atom stereocenters. The van der Waals surface area contributed by atoms with Gasteiger partial charge < -0.3 is 5.32 Å². The fourth-order valence-electron chi connectivity index (χ4n) is 2.77. The number of nitrogens with zero attached hydrogens (tertiary/aromatic N) is 2. The molecule has 0 bridgehead atoms. The average molecular weight is 344 g/mol. The van der Waals surface area contributed by atoms with Crippen molar-refractivity contribution in [1.82, 2.24) is 10.2 Å². The Morgan fingerprint density at radius 3 is 2.72 bits per heavy atom. The van der Waals surface area contributed by atoms with Crippen molar-refractivity contribution in [2.75, 3.05) is 5.32 Å². The first kappa shape index (κ1) is 18.6. The van der Waals surface area contributed by atoms with E-state index in [1.807, 2.05) is 25.1 Å². The van der Waals surface area contributed by atoms with E-state index in [0.717, 1.165) is 16.9 Å². The molecule has 0 spiro atoms. The maximum absolute atomic E-state index is 12.0. The van der Waals surface area contributed by atoms with Crippen LogP contribution in [0.15, 0.2) is 23.2 Å². The second-order valence-electron chi connectivity index (χ2n) is 6.39. The van der Waals surface area contributed by atoms with Crippen LogP contribution in [0.3, 0.4) is 0 Å². The number of amides is 3. The van der Waals surface area contributed by atoms with Crippen molar-refractivity contribution in [1.29, 1.82) is 0 Å². The van der Waals surface area contributed by atoms with Crippen molar-refractivity contribution < 1.29 is 14.4 Å². The summed E-state index contributed by atoms with van der Waals surface area (Å²) in [6.07, 6.45) is 1.09. The molecule has 0 radical (unpaired) electrons. The molecule has 7 heteroatoms. The lowest BCUT2D eigenvalue weighted by Gasteiger charge is -2.29. The molecule has 1 aromatic rings. The van der Waals surface area contributed by atoms with E-state index >= 15 is 0 Å². The molecule has 2 rings (SSSR count). The van der Waals surface area contributed by atoms with E-state index in [0.29, 0.717) is 18.7 Å². The number of aliphatic imine (C=N–C) groups is 1. The topological polar surface area (TPSA) is 90.9 Å². The Morgan fingerprint density at radius 1 is 1.40 bits per heavy atom. The van der Waals surface area contributed by atoms with Crippen molar-refractivity contribution in [3.8, 4) is 0 Å². The zero-order valence-corrected chi connectivity index (χ0v) is 15.0. The number of benzene rings is 1. The number of rotatable bonds is 5. The highest BCUT2D eigenvalue weighted by atomic mass is 16.2. The zero-order chi connectivity index (χ0) is 18.6. The maximum atomic E-state index is 12.0. The van der Waals surface area contributed by atoms with Gasteiger partial charge in [-0.05, 0) is 51.8 Å². The summed E-state index contributed by atoms with van der Waals surface area (Å²) in [5.41, 5.74) is 2.66. The Hall–Kier alpha value is -2.70. The first-order chi connectivity index (χ1) is 11.8. The fraction of sp³-hybridized carbons (Fsp3) is 0.444. The molecule has 1 unspecified atom stereocenters. The van der Waals surface area contributed by atoms with E-state index in [1.165, 1.54) is 4.90 Å². The Morgan fingerprint density at radius 2 is 2.12 bits per heavy atom. The van der Waals surface area contributed by atoms with Crippen LogP contribution in [-0.2, 0) is 14.4 Å². The summed E-state index contributed by atoms with van der Waals surface area (Å²) < 4.78 is 0. The van der Waals surface area contributed by atoms with Crippen LogP contribution >= 0.6 is 0 Å². The number of carbonyl (C=O) groups is 3. The minimum atomic E-state index is -0.712. The molecule has 1 saturated heterocycles. The van der Waals surface area contributed by atoms with E-state index in [9.17, 15) is 14.4 Å². The van der Waals surface area contributed by atoms with E-state index in [4.69, 9.17) is 0 Å². The first-order valence-electron chi connectivity index (χ1n) is 8.32. The highest BCUT2D eigenvalue weighted by Crippen LogP contribution is 2.27. The van der Waals surface area contributed by atoms with Crippen LogP contribution in [0, 0.1) is 6.92 Å². The van der Waals surface area contributed by atoms with E-state index < -0.39 is 11.9 Å². The van der Waals surface area contributed by atoms with Gasteiger partial charge in [-0.1, -0.05) is 6.07 Å². The molecule has 1 aliphatic rings. The third-order valence-electron chi connectivity index (χ3n) is 4.06. The van der Waals surface area contributed by atoms with E-state index in [2.05, 4.69) is 29.5 Å². The standard InChI is InChI=1S/C18H24N4O3/c1-11(2)19-14-6-5-7-15(12(14)3)20-13(4)22(10-23)16-8-9-17(24)21-18(16)25/h5-7,10-11,16,19H,8-9H2,1-4H3,(H,21,24,25)/b20-13-. The molecule has 2 N–H and O–H groups in total. The Bertz CT molecular complexity index is 712. The molecule has 0 aromatic heterocycles. The zero-order valence-electron chi connectivity index (χ0n) is 15.0. The molecule has 0 saturated carbocycles. The highest BCUT2D eigenvalue weighted by Gasteiger charge is 2.32. The van der Waals surface area contributed by atoms with Gasteiger partial charge in [0.15, 0.2) is 0 Å². The van der Waals surface area contributed by atoms with E-state index in [1.54, 1.807) is 6.92 Å². The summed E-state index contributed by atoms with van der Waals surface area (Å²) in [5.74, 6) is -0.371. The Kier molecular flexibility index (Phi) is 5.90. The molecule has 1 aliphatic heterocycles. The van der Waals surface area contributed by atoms with Gasteiger partial charge in [0.25, 0.3) is 0 Å². The number of piperidine rings is 1.